The summed E-state index contributed by atoms with van der Waals surface area (Å²) in [4.78, 5) is 48.6. The van der Waals surface area contributed by atoms with Crippen LogP contribution in [-0.2, 0) is 9.59 Å². The Kier molecular flexibility index (Phi) is 4.12. The highest BCUT2D eigenvalue weighted by atomic mass is 16.2. The van der Waals surface area contributed by atoms with Gasteiger partial charge in [-0.2, -0.15) is 0 Å². The van der Waals surface area contributed by atoms with E-state index in [4.69, 9.17) is 0 Å². The van der Waals surface area contributed by atoms with E-state index in [1.54, 1.807) is 20.8 Å². The van der Waals surface area contributed by atoms with E-state index in [1.165, 1.54) is 0 Å². The summed E-state index contributed by atoms with van der Waals surface area (Å²) < 4.78 is 0. The maximum Gasteiger partial charge on any atom is 0.325 e. The van der Waals surface area contributed by atoms with E-state index in [2.05, 4.69) is 16.0 Å². The molecule has 1 saturated carbocycles. The largest absolute Gasteiger partial charge is 0.333 e. The number of hydrogen-bond acceptors (Lipinski definition) is 4. The van der Waals surface area contributed by atoms with Crippen LogP contribution in [0, 0.1) is 0 Å². The van der Waals surface area contributed by atoms with Crippen LogP contribution in [0.3, 0.4) is 0 Å². The summed E-state index contributed by atoms with van der Waals surface area (Å²) in [6.45, 7) is 4.87. The van der Waals surface area contributed by atoms with Crippen LogP contribution >= 0.6 is 0 Å². The first-order valence-corrected chi connectivity index (χ1v) is 7.39. The van der Waals surface area contributed by atoms with Gasteiger partial charge in [0, 0.05) is 5.54 Å². The van der Waals surface area contributed by atoms with Crippen molar-refractivity contribution >= 4 is 23.9 Å². The van der Waals surface area contributed by atoms with Gasteiger partial charge in [-0.1, -0.05) is 12.8 Å². The second kappa shape index (κ2) is 5.58. The molecule has 8 nitrogen and oxygen atoms in total. The Labute approximate surface area is 129 Å². The molecule has 2 rings (SSSR count). The zero-order valence-corrected chi connectivity index (χ0v) is 13.1. The lowest BCUT2D eigenvalue weighted by atomic mass is 9.98. The summed E-state index contributed by atoms with van der Waals surface area (Å²) in [5, 5.41) is 7.37. The van der Waals surface area contributed by atoms with Crippen molar-refractivity contribution in [2.24, 2.45) is 0 Å². The van der Waals surface area contributed by atoms with Crippen LogP contribution < -0.4 is 16.0 Å². The minimum absolute atomic E-state index is 0.374. The number of amides is 6. The Morgan fingerprint density at radius 1 is 1.23 bits per heavy atom. The van der Waals surface area contributed by atoms with Crippen molar-refractivity contribution in [2.45, 2.75) is 57.5 Å². The van der Waals surface area contributed by atoms with Crippen molar-refractivity contribution in [2.75, 3.05) is 6.54 Å². The van der Waals surface area contributed by atoms with E-state index in [0.717, 1.165) is 17.7 Å². The molecule has 0 aromatic heterocycles. The molecule has 8 heteroatoms. The topological polar surface area (TPSA) is 108 Å². The smallest absolute Gasteiger partial charge is 0.325 e. The standard InChI is InChI=1S/C14H22N4O4/c1-13(2,3)16-11(21)15-9(19)8-18-10(20)14(17-12(18)22)6-4-5-7-14/h4-8H2,1-3H3,(H,17,22)(H2,15,16,19,21). The minimum Gasteiger partial charge on any atom is -0.333 e. The fraction of sp³-hybridized carbons (Fsp3) is 0.714. The second-order valence-electron chi connectivity index (χ2n) is 6.86. The molecular weight excluding hydrogens is 288 g/mol. The van der Waals surface area contributed by atoms with E-state index in [0.29, 0.717) is 12.8 Å². The highest BCUT2D eigenvalue weighted by Gasteiger charge is 2.52. The van der Waals surface area contributed by atoms with Crippen molar-refractivity contribution in [1.29, 1.82) is 0 Å². The van der Waals surface area contributed by atoms with Gasteiger partial charge in [0.2, 0.25) is 5.91 Å². The first-order valence-electron chi connectivity index (χ1n) is 7.39. The number of nitrogens with zero attached hydrogens (tertiary/aromatic N) is 1. The van der Waals surface area contributed by atoms with Gasteiger partial charge in [-0.15, -0.1) is 0 Å². The molecule has 0 unspecified atom stereocenters. The third-order valence-electron chi connectivity index (χ3n) is 3.75. The first-order chi connectivity index (χ1) is 10.1. The number of urea groups is 2. The summed E-state index contributed by atoms with van der Waals surface area (Å²) in [6.07, 6.45) is 2.94. The number of rotatable bonds is 2. The SMILES string of the molecule is CC(C)(C)NC(=O)NC(=O)CN1C(=O)NC2(CCCC2)C1=O. The summed E-state index contributed by atoms with van der Waals surface area (Å²) in [5.41, 5.74) is -1.33. The van der Waals surface area contributed by atoms with E-state index in [-0.39, 0.29) is 5.91 Å². The van der Waals surface area contributed by atoms with Gasteiger partial charge in [-0.25, -0.2) is 9.59 Å². The van der Waals surface area contributed by atoms with E-state index in [9.17, 15) is 19.2 Å². The summed E-state index contributed by atoms with van der Waals surface area (Å²) in [5.74, 6) is -1.07. The summed E-state index contributed by atoms with van der Waals surface area (Å²) in [7, 11) is 0. The summed E-state index contributed by atoms with van der Waals surface area (Å²) >= 11 is 0. The molecule has 1 aliphatic heterocycles. The Bertz CT molecular complexity index is 517. The molecule has 0 aromatic rings. The van der Waals surface area contributed by atoms with Gasteiger partial charge in [0.15, 0.2) is 0 Å². The third-order valence-corrected chi connectivity index (χ3v) is 3.75. The normalized spacial score (nSPS) is 20.2. The Hall–Kier alpha value is -2.12. The molecule has 6 amide bonds. The highest BCUT2D eigenvalue weighted by molar-refractivity contribution is 6.10. The molecule has 1 heterocycles. The van der Waals surface area contributed by atoms with Gasteiger partial charge < -0.3 is 10.6 Å². The molecule has 122 valence electrons. The molecule has 0 bridgehead atoms. The Morgan fingerprint density at radius 2 is 1.82 bits per heavy atom. The van der Waals surface area contributed by atoms with E-state index >= 15 is 0 Å². The molecule has 1 saturated heterocycles. The second-order valence-corrected chi connectivity index (χ2v) is 6.86. The van der Waals surface area contributed by atoms with Gasteiger partial charge >= 0.3 is 12.1 Å². The zero-order chi connectivity index (χ0) is 16.5. The van der Waals surface area contributed by atoms with Gasteiger partial charge in [0.25, 0.3) is 5.91 Å². The lowest BCUT2D eigenvalue weighted by molar-refractivity contribution is -0.134. The van der Waals surface area contributed by atoms with Crippen LogP contribution in [0.25, 0.3) is 0 Å². The minimum atomic E-state index is -0.842. The third kappa shape index (κ3) is 3.37. The number of nitrogens with one attached hydrogen (secondary N) is 3. The zero-order valence-electron chi connectivity index (χ0n) is 13.1. The molecule has 3 N–H and O–H groups in total. The predicted molar refractivity (Wildman–Crippen MR) is 77.9 cm³/mol. The van der Waals surface area contributed by atoms with Gasteiger partial charge in [-0.05, 0) is 33.6 Å². The van der Waals surface area contributed by atoms with Crippen molar-refractivity contribution in [3.05, 3.63) is 0 Å². The van der Waals surface area contributed by atoms with Crippen molar-refractivity contribution in [3.63, 3.8) is 0 Å². The molecule has 2 aliphatic rings. The van der Waals surface area contributed by atoms with E-state index < -0.39 is 35.6 Å². The molecule has 22 heavy (non-hydrogen) atoms. The fourth-order valence-corrected chi connectivity index (χ4v) is 2.82. The van der Waals surface area contributed by atoms with Crippen LogP contribution in [0.1, 0.15) is 46.5 Å². The number of imide groups is 2. The lowest BCUT2D eigenvalue weighted by Crippen LogP contribution is -2.51. The van der Waals surface area contributed by atoms with Crippen molar-refractivity contribution in [1.82, 2.24) is 20.9 Å². The predicted octanol–water partition coefficient (Wildman–Crippen LogP) is 0.475. The highest BCUT2D eigenvalue weighted by Crippen LogP contribution is 2.34. The van der Waals surface area contributed by atoms with Crippen LogP contribution in [0.4, 0.5) is 9.59 Å². The number of carbonyl (C=O) groups is 4. The number of carbonyl (C=O) groups excluding carboxylic acids is 4. The maximum atomic E-state index is 12.4. The Balaban J connectivity index is 1.93. The van der Waals surface area contributed by atoms with E-state index in [1.807, 2.05) is 0 Å². The molecule has 0 atom stereocenters. The first kappa shape index (κ1) is 16.3. The molecule has 0 aromatic carbocycles. The van der Waals surface area contributed by atoms with Gasteiger partial charge in [0.1, 0.15) is 12.1 Å². The maximum absolute atomic E-state index is 12.4. The average Bonchev–Trinajstić information content (AvgIpc) is 2.89. The molecule has 1 spiro atoms. The van der Waals surface area contributed by atoms with Crippen molar-refractivity contribution < 1.29 is 19.2 Å². The molecular formula is C14H22N4O4. The molecule has 0 radical (unpaired) electrons. The van der Waals surface area contributed by atoms with Crippen LogP contribution in [0.15, 0.2) is 0 Å². The molecule has 1 aliphatic carbocycles. The van der Waals surface area contributed by atoms with Gasteiger partial charge in [-0.3, -0.25) is 19.8 Å². The number of hydrogen-bond donors (Lipinski definition) is 3. The fourth-order valence-electron chi connectivity index (χ4n) is 2.82. The lowest BCUT2D eigenvalue weighted by Gasteiger charge is -2.21. The van der Waals surface area contributed by atoms with Crippen molar-refractivity contribution in [3.8, 4) is 0 Å². The quantitative estimate of drug-likeness (QED) is 0.644. The van der Waals surface area contributed by atoms with Crippen LogP contribution in [0.2, 0.25) is 0 Å². The summed E-state index contributed by atoms with van der Waals surface area (Å²) in [6, 6.07) is -1.22. The molecule has 2 fully saturated rings. The van der Waals surface area contributed by atoms with Gasteiger partial charge in [0.05, 0.1) is 0 Å². The monoisotopic (exact) mass is 310 g/mol. The Morgan fingerprint density at radius 3 is 2.36 bits per heavy atom. The van der Waals surface area contributed by atoms with Crippen LogP contribution in [-0.4, -0.2) is 46.4 Å². The van der Waals surface area contributed by atoms with Crippen LogP contribution in [0.5, 0.6) is 0 Å². The average molecular weight is 310 g/mol.